The van der Waals surface area contributed by atoms with Crippen LogP contribution in [-0.4, -0.2) is 21.9 Å². The molecule has 1 fully saturated rings. The minimum Gasteiger partial charge on any atom is -0.395 e. The highest BCUT2D eigenvalue weighted by atomic mass is 16.3. The molecule has 1 aromatic heterocycles. The molecule has 1 heterocycles. The third kappa shape index (κ3) is 1.61. The fourth-order valence-electron chi connectivity index (χ4n) is 2.32. The first-order valence-electron chi connectivity index (χ1n) is 5.77. The zero-order chi connectivity index (χ0) is 11.9. The number of aromatic nitrogens is 2. The first kappa shape index (κ1) is 10.4. The van der Waals surface area contributed by atoms with Crippen LogP contribution in [0.4, 0.5) is 5.82 Å². The van der Waals surface area contributed by atoms with E-state index in [0.717, 1.165) is 24.1 Å². The van der Waals surface area contributed by atoms with Gasteiger partial charge in [-0.3, -0.25) is 5.10 Å². The molecule has 4 heteroatoms. The van der Waals surface area contributed by atoms with Gasteiger partial charge in [0.1, 0.15) is 5.82 Å². The summed E-state index contributed by atoms with van der Waals surface area (Å²) in [7, 11) is 0. The molecule has 0 spiro atoms. The summed E-state index contributed by atoms with van der Waals surface area (Å²) < 4.78 is 0. The molecular weight excluding hydrogens is 214 g/mol. The zero-order valence-electron chi connectivity index (χ0n) is 9.48. The lowest BCUT2D eigenvalue weighted by Gasteiger charge is -2.16. The molecule has 1 aromatic carbocycles. The summed E-state index contributed by atoms with van der Waals surface area (Å²) >= 11 is 0. The van der Waals surface area contributed by atoms with Gasteiger partial charge >= 0.3 is 0 Å². The maximum Gasteiger partial charge on any atom is 0.145 e. The van der Waals surface area contributed by atoms with E-state index < -0.39 is 0 Å². The Morgan fingerprint density at radius 1 is 1.35 bits per heavy atom. The zero-order valence-corrected chi connectivity index (χ0v) is 9.48. The average molecular weight is 229 g/mol. The molecule has 0 saturated heterocycles. The number of nitrogens with two attached hydrogens (primary N) is 1. The second-order valence-corrected chi connectivity index (χ2v) is 4.69. The molecule has 4 nitrogen and oxygen atoms in total. The molecule has 88 valence electrons. The summed E-state index contributed by atoms with van der Waals surface area (Å²) in [5.41, 5.74) is 8.77. The molecular formula is C13H15N3O. The Kier molecular flexibility index (Phi) is 2.19. The highest BCUT2D eigenvalue weighted by molar-refractivity contribution is 5.68. The summed E-state index contributed by atoms with van der Waals surface area (Å²) in [6, 6.07) is 9.94. The number of aromatic amines is 1. The number of aliphatic hydroxyl groups excluding tert-OH is 1. The molecule has 0 unspecified atom stereocenters. The third-order valence-electron chi connectivity index (χ3n) is 3.54. The monoisotopic (exact) mass is 229 g/mol. The Hall–Kier alpha value is -1.81. The summed E-state index contributed by atoms with van der Waals surface area (Å²) in [5.74, 6) is 0.489. The molecule has 1 saturated carbocycles. The van der Waals surface area contributed by atoms with Crippen molar-refractivity contribution < 1.29 is 5.11 Å². The predicted octanol–water partition coefficient (Wildman–Crippen LogP) is 1.68. The molecule has 0 amide bonds. The first-order chi connectivity index (χ1) is 8.25. The Balaban J connectivity index is 2.11. The molecule has 1 aliphatic carbocycles. The van der Waals surface area contributed by atoms with Crippen molar-refractivity contribution >= 4 is 5.82 Å². The van der Waals surface area contributed by atoms with Crippen LogP contribution in [0.15, 0.2) is 30.3 Å². The maximum atomic E-state index is 9.54. The Bertz CT molecular complexity index is 543. The van der Waals surface area contributed by atoms with Crippen LogP contribution < -0.4 is 5.73 Å². The molecule has 1 aliphatic rings. The maximum absolute atomic E-state index is 9.54. The van der Waals surface area contributed by atoms with Gasteiger partial charge in [-0.15, -0.1) is 0 Å². The van der Waals surface area contributed by atoms with Gasteiger partial charge in [0, 0.05) is 17.0 Å². The van der Waals surface area contributed by atoms with E-state index in [1.165, 1.54) is 5.56 Å². The van der Waals surface area contributed by atoms with Crippen LogP contribution in [-0.2, 0) is 5.41 Å². The first-order valence-corrected chi connectivity index (χ1v) is 5.77. The minimum atomic E-state index is -0.0452. The number of hydrogen-bond acceptors (Lipinski definition) is 3. The number of benzene rings is 1. The molecule has 0 radical (unpaired) electrons. The van der Waals surface area contributed by atoms with Crippen LogP contribution in [0.2, 0.25) is 0 Å². The highest BCUT2D eigenvalue weighted by Gasteiger charge is 2.45. The number of H-pyrrole nitrogens is 1. The normalized spacial score (nSPS) is 17.0. The van der Waals surface area contributed by atoms with Crippen LogP contribution in [0, 0.1) is 0 Å². The van der Waals surface area contributed by atoms with E-state index in [2.05, 4.69) is 16.3 Å². The summed E-state index contributed by atoms with van der Waals surface area (Å²) in [6.45, 7) is 0.202. The van der Waals surface area contributed by atoms with Crippen LogP contribution >= 0.6 is 0 Å². The molecule has 17 heavy (non-hydrogen) atoms. The topological polar surface area (TPSA) is 74.9 Å². The summed E-state index contributed by atoms with van der Waals surface area (Å²) in [4.78, 5) is 0. The van der Waals surface area contributed by atoms with Gasteiger partial charge in [0.25, 0.3) is 0 Å². The van der Waals surface area contributed by atoms with E-state index in [4.69, 9.17) is 5.73 Å². The molecule has 0 aliphatic heterocycles. The van der Waals surface area contributed by atoms with E-state index in [1.54, 1.807) is 0 Å². The van der Waals surface area contributed by atoms with E-state index in [1.807, 2.05) is 24.3 Å². The lowest BCUT2D eigenvalue weighted by atomic mass is 9.91. The quantitative estimate of drug-likeness (QED) is 0.749. The van der Waals surface area contributed by atoms with Crippen molar-refractivity contribution in [3.05, 3.63) is 35.9 Å². The Morgan fingerprint density at radius 2 is 2.12 bits per heavy atom. The van der Waals surface area contributed by atoms with Gasteiger partial charge in [-0.25, -0.2) is 0 Å². The van der Waals surface area contributed by atoms with Gasteiger partial charge in [0.05, 0.1) is 12.3 Å². The van der Waals surface area contributed by atoms with Crippen LogP contribution in [0.3, 0.4) is 0 Å². The summed E-state index contributed by atoms with van der Waals surface area (Å²) in [5, 5.41) is 16.4. The van der Waals surface area contributed by atoms with Gasteiger partial charge in [-0.1, -0.05) is 24.3 Å². The number of hydrogen-bond donors (Lipinski definition) is 3. The van der Waals surface area contributed by atoms with Crippen molar-refractivity contribution in [2.45, 2.75) is 18.3 Å². The standard InChI is InChI=1S/C13H15N3O/c14-12-7-11(15-16-12)9-3-1-2-4-10(9)13(8-17)5-6-13/h1-4,7,17H,5-6,8H2,(H3,14,15,16). The van der Waals surface area contributed by atoms with Crippen LogP contribution in [0.5, 0.6) is 0 Å². The van der Waals surface area contributed by atoms with Crippen LogP contribution in [0.25, 0.3) is 11.3 Å². The molecule has 4 N–H and O–H groups in total. The van der Waals surface area contributed by atoms with Crippen LogP contribution in [0.1, 0.15) is 18.4 Å². The van der Waals surface area contributed by atoms with Gasteiger partial charge in [-0.05, 0) is 18.4 Å². The fourth-order valence-corrected chi connectivity index (χ4v) is 2.32. The number of rotatable bonds is 3. The number of nitrogens with zero attached hydrogens (tertiary/aromatic N) is 1. The lowest BCUT2D eigenvalue weighted by Crippen LogP contribution is -2.13. The largest absolute Gasteiger partial charge is 0.395 e. The van der Waals surface area contributed by atoms with E-state index in [9.17, 15) is 5.11 Å². The fraction of sp³-hybridized carbons (Fsp3) is 0.308. The van der Waals surface area contributed by atoms with Gasteiger partial charge < -0.3 is 10.8 Å². The van der Waals surface area contributed by atoms with E-state index in [0.29, 0.717) is 5.82 Å². The van der Waals surface area contributed by atoms with Crippen molar-refractivity contribution in [3.63, 3.8) is 0 Å². The molecule has 3 rings (SSSR count). The predicted molar refractivity (Wildman–Crippen MR) is 66.4 cm³/mol. The SMILES string of the molecule is Nc1cc(-c2ccccc2C2(CO)CC2)[nH]n1. The molecule has 0 bridgehead atoms. The van der Waals surface area contributed by atoms with E-state index in [-0.39, 0.29) is 12.0 Å². The number of aliphatic hydroxyl groups is 1. The number of nitrogen functional groups attached to an aromatic ring is 1. The highest BCUT2D eigenvalue weighted by Crippen LogP contribution is 2.50. The lowest BCUT2D eigenvalue weighted by molar-refractivity contribution is 0.255. The van der Waals surface area contributed by atoms with Gasteiger partial charge in [0.2, 0.25) is 0 Å². The van der Waals surface area contributed by atoms with E-state index >= 15 is 0 Å². The average Bonchev–Trinajstić information content (AvgIpc) is 3.05. The smallest absolute Gasteiger partial charge is 0.145 e. The van der Waals surface area contributed by atoms with Crippen molar-refractivity contribution in [1.82, 2.24) is 10.2 Å². The second kappa shape index (κ2) is 3.60. The van der Waals surface area contributed by atoms with Crippen molar-refractivity contribution in [2.75, 3.05) is 12.3 Å². The molecule has 0 atom stereocenters. The Labute approximate surface area is 99.5 Å². The Morgan fingerprint density at radius 3 is 2.71 bits per heavy atom. The van der Waals surface area contributed by atoms with Crippen molar-refractivity contribution in [3.8, 4) is 11.3 Å². The molecule has 2 aromatic rings. The second-order valence-electron chi connectivity index (χ2n) is 4.69. The number of nitrogens with one attached hydrogen (secondary N) is 1. The van der Waals surface area contributed by atoms with Gasteiger partial charge in [-0.2, -0.15) is 5.10 Å². The van der Waals surface area contributed by atoms with Crippen molar-refractivity contribution in [2.24, 2.45) is 0 Å². The summed E-state index contributed by atoms with van der Waals surface area (Å²) in [6.07, 6.45) is 2.09. The van der Waals surface area contributed by atoms with Gasteiger partial charge in [0.15, 0.2) is 0 Å². The van der Waals surface area contributed by atoms with Crippen molar-refractivity contribution in [1.29, 1.82) is 0 Å². The minimum absolute atomic E-state index is 0.0452. The third-order valence-corrected chi connectivity index (χ3v) is 3.54. The number of anilines is 1.